The quantitative estimate of drug-likeness (QED) is 0.714. The lowest BCUT2D eigenvalue weighted by molar-refractivity contribution is 0.608. The molecule has 0 radical (unpaired) electrons. The number of rotatable bonds is 2. The summed E-state index contributed by atoms with van der Waals surface area (Å²) in [5.74, 6) is 1.63. The Balaban J connectivity index is 2.06. The topological polar surface area (TPSA) is 41.8 Å². The van der Waals surface area contributed by atoms with E-state index in [-0.39, 0.29) is 0 Å². The molecule has 4 heteroatoms. The van der Waals surface area contributed by atoms with E-state index in [1.165, 1.54) is 0 Å². The molecule has 0 saturated heterocycles. The lowest BCUT2D eigenvalue weighted by Crippen LogP contribution is -2.36. The highest BCUT2D eigenvalue weighted by atomic mass is 28.3. The molecule has 0 saturated carbocycles. The summed E-state index contributed by atoms with van der Waals surface area (Å²) in [5.41, 5.74) is 2.01. The van der Waals surface area contributed by atoms with Gasteiger partial charge in [-0.3, -0.25) is 0 Å². The Kier molecular flexibility index (Phi) is 2.41. The first-order valence-electron chi connectivity index (χ1n) is 6.09. The van der Waals surface area contributed by atoms with Gasteiger partial charge in [-0.1, -0.05) is 31.8 Å². The largest absolute Gasteiger partial charge is 0.463 e. The Bertz CT molecular complexity index is 658. The second-order valence-electron chi connectivity index (χ2n) is 5.52. The van der Waals surface area contributed by atoms with Crippen molar-refractivity contribution in [2.24, 2.45) is 0 Å². The van der Waals surface area contributed by atoms with Crippen molar-refractivity contribution < 1.29 is 4.42 Å². The van der Waals surface area contributed by atoms with Gasteiger partial charge >= 0.3 is 0 Å². The van der Waals surface area contributed by atoms with E-state index in [1.54, 1.807) is 0 Å². The van der Waals surface area contributed by atoms with Gasteiger partial charge in [-0.2, -0.15) is 0 Å². The zero-order valence-electron chi connectivity index (χ0n) is 10.8. The van der Waals surface area contributed by atoms with Crippen LogP contribution in [0.3, 0.4) is 0 Å². The summed E-state index contributed by atoms with van der Waals surface area (Å²) >= 11 is 0. The fourth-order valence-electron chi connectivity index (χ4n) is 1.94. The highest BCUT2D eigenvalue weighted by Crippen LogP contribution is 2.20. The number of H-pyrrole nitrogens is 1. The van der Waals surface area contributed by atoms with Gasteiger partial charge in [-0.25, -0.2) is 4.98 Å². The molecule has 1 aromatic carbocycles. The average Bonchev–Trinajstić information content (AvgIpc) is 2.94. The third-order valence-corrected chi connectivity index (χ3v) is 4.72. The molecule has 92 valence electrons. The molecule has 0 bridgehead atoms. The molecule has 0 aliphatic heterocycles. The number of aromatic nitrogens is 2. The van der Waals surface area contributed by atoms with Gasteiger partial charge in [-0.15, -0.1) is 0 Å². The summed E-state index contributed by atoms with van der Waals surface area (Å²) in [6.07, 6.45) is 0. The summed E-state index contributed by atoms with van der Waals surface area (Å²) in [5, 5.41) is 1.11. The zero-order chi connectivity index (χ0) is 12.8. The number of hydrogen-bond donors (Lipinski definition) is 1. The number of nitrogens with zero attached hydrogens (tertiary/aromatic N) is 1. The van der Waals surface area contributed by atoms with Crippen molar-refractivity contribution in [1.82, 2.24) is 9.97 Å². The Labute approximate surface area is 107 Å². The summed E-state index contributed by atoms with van der Waals surface area (Å²) < 4.78 is 5.93. The van der Waals surface area contributed by atoms with E-state index in [2.05, 4.69) is 35.7 Å². The number of nitrogens with one attached hydrogen (secondary N) is 1. The van der Waals surface area contributed by atoms with E-state index in [1.807, 2.05) is 30.3 Å². The SMILES string of the molecule is C[Si](C)(C)c1ccc(-c2nc3ccccc3[nH]2)o1. The number of para-hydroxylation sites is 2. The Morgan fingerprint density at radius 3 is 2.50 bits per heavy atom. The van der Waals surface area contributed by atoms with Crippen LogP contribution in [0.1, 0.15) is 0 Å². The van der Waals surface area contributed by atoms with E-state index in [9.17, 15) is 0 Å². The zero-order valence-corrected chi connectivity index (χ0v) is 11.8. The van der Waals surface area contributed by atoms with Crippen LogP contribution in [-0.4, -0.2) is 18.0 Å². The van der Waals surface area contributed by atoms with Gasteiger partial charge in [0.15, 0.2) is 11.6 Å². The molecule has 0 amide bonds. The molecule has 18 heavy (non-hydrogen) atoms. The normalized spacial score (nSPS) is 12.2. The molecule has 2 aromatic heterocycles. The first-order valence-corrected chi connectivity index (χ1v) is 9.59. The fraction of sp³-hybridized carbons (Fsp3) is 0.214. The van der Waals surface area contributed by atoms with Crippen LogP contribution in [0.2, 0.25) is 19.6 Å². The minimum absolute atomic E-state index is 0.806. The highest BCUT2D eigenvalue weighted by Gasteiger charge is 2.21. The predicted molar refractivity (Wildman–Crippen MR) is 76.8 cm³/mol. The number of imidazole rings is 1. The van der Waals surface area contributed by atoms with Crippen LogP contribution in [0.25, 0.3) is 22.6 Å². The predicted octanol–water partition coefficient (Wildman–Crippen LogP) is 3.37. The molecule has 3 aromatic rings. The maximum absolute atomic E-state index is 5.93. The monoisotopic (exact) mass is 256 g/mol. The van der Waals surface area contributed by atoms with Crippen LogP contribution in [0, 0.1) is 0 Å². The van der Waals surface area contributed by atoms with Crippen molar-refractivity contribution in [3.05, 3.63) is 36.4 Å². The summed E-state index contributed by atoms with van der Waals surface area (Å²) in [6.45, 7) is 6.82. The fourth-order valence-corrected chi connectivity index (χ4v) is 2.94. The van der Waals surface area contributed by atoms with E-state index < -0.39 is 8.07 Å². The molecule has 3 nitrogen and oxygen atoms in total. The lowest BCUT2D eigenvalue weighted by Gasteiger charge is -2.10. The molecule has 0 atom stereocenters. The van der Waals surface area contributed by atoms with Crippen LogP contribution in [-0.2, 0) is 0 Å². The molecule has 0 unspecified atom stereocenters. The number of hydrogen-bond acceptors (Lipinski definition) is 2. The molecule has 0 fully saturated rings. The van der Waals surface area contributed by atoms with Crippen LogP contribution < -0.4 is 5.38 Å². The second kappa shape index (κ2) is 3.85. The van der Waals surface area contributed by atoms with Gasteiger partial charge in [0.05, 0.1) is 16.4 Å². The van der Waals surface area contributed by atoms with Gasteiger partial charge < -0.3 is 9.40 Å². The van der Waals surface area contributed by atoms with E-state index in [0.717, 1.165) is 28.0 Å². The smallest absolute Gasteiger partial charge is 0.174 e. The van der Waals surface area contributed by atoms with E-state index in [4.69, 9.17) is 4.42 Å². The van der Waals surface area contributed by atoms with Gasteiger partial charge in [-0.05, 0) is 24.3 Å². The first kappa shape index (κ1) is 11.3. The van der Waals surface area contributed by atoms with Crippen molar-refractivity contribution >= 4 is 24.5 Å². The molecule has 2 heterocycles. The van der Waals surface area contributed by atoms with Gasteiger partial charge in [0, 0.05) is 0 Å². The third-order valence-electron chi connectivity index (χ3n) is 2.97. The lowest BCUT2D eigenvalue weighted by atomic mass is 10.3. The Morgan fingerprint density at radius 2 is 1.83 bits per heavy atom. The number of fused-ring (bicyclic) bond motifs is 1. The van der Waals surface area contributed by atoms with Crippen LogP contribution in [0.5, 0.6) is 0 Å². The number of aromatic amines is 1. The van der Waals surface area contributed by atoms with Crippen molar-refractivity contribution in [2.75, 3.05) is 0 Å². The molecule has 3 rings (SSSR count). The summed E-state index contributed by atoms with van der Waals surface area (Å²) in [4.78, 5) is 7.83. The molecule has 0 aliphatic carbocycles. The van der Waals surface area contributed by atoms with Crippen molar-refractivity contribution in [2.45, 2.75) is 19.6 Å². The first-order chi connectivity index (χ1) is 8.54. The van der Waals surface area contributed by atoms with Crippen LogP contribution in [0.4, 0.5) is 0 Å². The third kappa shape index (κ3) is 1.88. The summed E-state index contributed by atoms with van der Waals surface area (Å²) in [7, 11) is -1.39. The minimum Gasteiger partial charge on any atom is -0.463 e. The molecule has 0 spiro atoms. The minimum atomic E-state index is -1.39. The Morgan fingerprint density at radius 1 is 1.06 bits per heavy atom. The van der Waals surface area contributed by atoms with Crippen molar-refractivity contribution in [3.8, 4) is 11.6 Å². The molecule has 1 N–H and O–H groups in total. The van der Waals surface area contributed by atoms with Crippen LogP contribution in [0.15, 0.2) is 40.8 Å². The second-order valence-corrected chi connectivity index (χ2v) is 10.5. The van der Waals surface area contributed by atoms with Gasteiger partial charge in [0.25, 0.3) is 0 Å². The maximum atomic E-state index is 5.93. The highest BCUT2D eigenvalue weighted by molar-refractivity contribution is 6.87. The Hall–Kier alpha value is -1.81. The number of benzene rings is 1. The average molecular weight is 256 g/mol. The molecular weight excluding hydrogens is 240 g/mol. The molecule has 0 aliphatic rings. The van der Waals surface area contributed by atoms with E-state index in [0.29, 0.717) is 0 Å². The van der Waals surface area contributed by atoms with Gasteiger partial charge in [0.2, 0.25) is 0 Å². The number of furan rings is 1. The van der Waals surface area contributed by atoms with Crippen LogP contribution >= 0.6 is 0 Å². The van der Waals surface area contributed by atoms with E-state index >= 15 is 0 Å². The van der Waals surface area contributed by atoms with Gasteiger partial charge in [0.1, 0.15) is 8.07 Å². The maximum Gasteiger partial charge on any atom is 0.174 e. The molecular formula is C14H16N2OSi. The summed E-state index contributed by atoms with van der Waals surface area (Å²) in [6, 6.07) is 12.1. The van der Waals surface area contributed by atoms with Crippen molar-refractivity contribution in [3.63, 3.8) is 0 Å². The standard InChI is InChI=1S/C14H16N2OSi/c1-18(2,3)13-9-8-12(17-13)14-15-10-6-4-5-7-11(10)16-14/h4-9H,1-3H3,(H,15,16). The van der Waals surface area contributed by atoms with Crippen molar-refractivity contribution in [1.29, 1.82) is 0 Å².